The van der Waals surface area contributed by atoms with Crippen molar-refractivity contribution in [1.82, 2.24) is 0 Å². The van der Waals surface area contributed by atoms with Crippen molar-refractivity contribution in [2.24, 2.45) is 5.41 Å². The zero-order valence-electron chi connectivity index (χ0n) is 6.27. The quantitative estimate of drug-likeness (QED) is 0.618. The third kappa shape index (κ3) is 4.15. The number of carbonyl (C=O) groups excluding carboxylic acids is 1. The monoisotopic (exact) mass is 130 g/mol. The molecule has 9 heavy (non-hydrogen) atoms. The van der Waals surface area contributed by atoms with E-state index in [2.05, 4.69) is 0 Å². The number of Topliss-reactive ketones (excluding diaryl/α,β-unsaturated/α-hetero) is 1. The molecular formula is C7H14O2. The van der Waals surface area contributed by atoms with E-state index in [1.807, 2.05) is 13.8 Å². The lowest BCUT2D eigenvalue weighted by Crippen LogP contribution is -2.19. The molecular weight excluding hydrogens is 116 g/mol. The van der Waals surface area contributed by atoms with Crippen molar-refractivity contribution in [3.8, 4) is 0 Å². The molecule has 0 atom stereocenters. The highest BCUT2D eigenvalue weighted by atomic mass is 16.3. The maximum atomic E-state index is 10.5. The minimum absolute atomic E-state index is 0.0760. The van der Waals surface area contributed by atoms with Gasteiger partial charge in [0, 0.05) is 13.0 Å². The van der Waals surface area contributed by atoms with Gasteiger partial charge >= 0.3 is 0 Å². The van der Waals surface area contributed by atoms with Crippen LogP contribution >= 0.6 is 0 Å². The van der Waals surface area contributed by atoms with Crippen molar-refractivity contribution in [3.63, 3.8) is 0 Å². The van der Waals surface area contributed by atoms with Gasteiger partial charge in [0.25, 0.3) is 0 Å². The Bertz CT molecular complexity index is 105. The van der Waals surface area contributed by atoms with Gasteiger partial charge in [0.1, 0.15) is 5.78 Å². The van der Waals surface area contributed by atoms with Gasteiger partial charge in [-0.2, -0.15) is 0 Å². The molecule has 0 heterocycles. The summed E-state index contributed by atoms with van der Waals surface area (Å²) in [6.45, 7) is 5.35. The summed E-state index contributed by atoms with van der Waals surface area (Å²) in [7, 11) is 0. The molecule has 0 amide bonds. The molecule has 0 aromatic heterocycles. The van der Waals surface area contributed by atoms with Gasteiger partial charge in [-0.05, 0) is 12.3 Å². The highest BCUT2D eigenvalue weighted by molar-refractivity contribution is 5.76. The van der Waals surface area contributed by atoms with E-state index in [1.165, 1.54) is 6.92 Å². The SMILES string of the molecule is CC(=O)CC(C)(C)CO. The fourth-order valence-electron chi connectivity index (χ4n) is 0.730. The molecule has 0 rings (SSSR count). The summed E-state index contributed by atoms with van der Waals surface area (Å²) in [6.07, 6.45) is 0.462. The van der Waals surface area contributed by atoms with Crippen molar-refractivity contribution in [2.75, 3.05) is 6.61 Å². The second-order valence-corrected chi connectivity index (χ2v) is 3.20. The van der Waals surface area contributed by atoms with E-state index in [-0.39, 0.29) is 17.8 Å². The van der Waals surface area contributed by atoms with E-state index in [1.54, 1.807) is 0 Å². The Morgan fingerprint density at radius 3 is 2.11 bits per heavy atom. The number of rotatable bonds is 3. The van der Waals surface area contributed by atoms with Gasteiger partial charge in [0.05, 0.1) is 0 Å². The van der Waals surface area contributed by atoms with Crippen LogP contribution in [0.1, 0.15) is 27.2 Å². The zero-order chi connectivity index (χ0) is 7.49. The Balaban J connectivity index is 3.71. The van der Waals surface area contributed by atoms with Crippen molar-refractivity contribution >= 4 is 5.78 Å². The largest absolute Gasteiger partial charge is 0.396 e. The molecule has 2 nitrogen and oxygen atoms in total. The summed E-state index contributed by atoms with van der Waals surface area (Å²) in [4.78, 5) is 10.5. The summed E-state index contributed by atoms with van der Waals surface area (Å²) in [6, 6.07) is 0. The first-order chi connectivity index (χ1) is 3.98. The Morgan fingerprint density at radius 1 is 1.56 bits per heavy atom. The molecule has 0 bridgehead atoms. The molecule has 0 aromatic carbocycles. The first kappa shape index (κ1) is 8.63. The van der Waals surface area contributed by atoms with Gasteiger partial charge in [-0.15, -0.1) is 0 Å². The van der Waals surface area contributed by atoms with Crippen molar-refractivity contribution in [3.05, 3.63) is 0 Å². The molecule has 0 fully saturated rings. The third-order valence-electron chi connectivity index (χ3n) is 1.16. The third-order valence-corrected chi connectivity index (χ3v) is 1.16. The van der Waals surface area contributed by atoms with Crippen LogP contribution in [-0.2, 0) is 4.79 Å². The van der Waals surface area contributed by atoms with Crippen LogP contribution in [0.5, 0.6) is 0 Å². The highest BCUT2D eigenvalue weighted by Crippen LogP contribution is 2.18. The second kappa shape index (κ2) is 2.97. The molecule has 0 saturated carbocycles. The minimum Gasteiger partial charge on any atom is -0.396 e. The molecule has 54 valence electrons. The van der Waals surface area contributed by atoms with Gasteiger partial charge in [-0.25, -0.2) is 0 Å². The predicted octanol–water partition coefficient (Wildman–Crippen LogP) is 0.984. The molecule has 0 saturated heterocycles. The summed E-state index contributed by atoms with van der Waals surface area (Å²) in [5.74, 6) is 0.133. The van der Waals surface area contributed by atoms with Crippen molar-refractivity contribution in [2.45, 2.75) is 27.2 Å². The first-order valence-corrected chi connectivity index (χ1v) is 3.08. The van der Waals surface area contributed by atoms with Crippen LogP contribution in [0.2, 0.25) is 0 Å². The maximum absolute atomic E-state index is 10.5. The van der Waals surface area contributed by atoms with Gasteiger partial charge in [-0.1, -0.05) is 13.8 Å². The number of aliphatic hydroxyl groups is 1. The van der Waals surface area contributed by atoms with Crippen LogP contribution < -0.4 is 0 Å². The Kier molecular flexibility index (Phi) is 2.85. The number of ketones is 1. The zero-order valence-corrected chi connectivity index (χ0v) is 6.27. The average Bonchev–Trinajstić information content (AvgIpc) is 1.63. The van der Waals surface area contributed by atoms with E-state index in [0.29, 0.717) is 6.42 Å². The smallest absolute Gasteiger partial charge is 0.130 e. The maximum Gasteiger partial charge on any atom is 0.130 e. The molecule has 1 N–H and O–H groups in total. The molecule has 2 heteroatoms. The summed E-state index contributed by atoms with van der Waals surface area (Å²) in [5, 5.41) is 8.69. The van der Waals surface area contributed by atoms with E-state index in [9.17, 15) is 4.79 Å². The highest BCUT2D eigenvalue weighted by Gasteiger charge is 2.17. The molecule has 0 aliphatic rings. The van der Waals surface area contributed by atoms with E-state index in [4.69, 9.17) is 5.11 Å². The van der Waals surface area contributed by atoms with Crippen LogP contribution in [0.4, 0.5) is 0 Å². The second-order valence-electron chi connectivity index (χ2n) is 3.20. The van der Waals surface area contributed by atoms with E-state index < -0.39 is 0 Å². The van der Waals surface area contributed by atoms with Crippen molar-refractivity contribution < 1.29 is 9.90 Å². The van der Waals surface area contributed by atoms with Gasteiger partial charge < -0.3 is 9.90 Å². The van der Waals surface area contributed by atoms with Crippen LogP contribution in [0.25, 0.3) is 0 Å². The Morgan fingerprint density at radius 2 is 2.00 bits per heavy atom. The molecule has 0 unspecified atom stereocenters. The number of carbonyl (C=O) groups is 1. The summed E-state index contributed by atoms with van der Waals surface area (Å²) in [5.41, 5.74) is -0.230. The fourth-order valence-corrected chi connectivity index (χ4v) is 0.730. The van der Waals surface area contributed by atoms with Crippen LogP contribution in [0, 0.1) is 5.41 Å². The first-order valence-electron chi connectivity index (χ1n) is 3.08. The minimum atomic E-state index is -0.230. The molecule has 0 aliphatic carbocycles. The standard InChI is InChI=1S/C7H14O2/c1-6(9)4-7(2,3)5-8/h8H,4-5H2,1-3H3. The topological polar surface area (TPSA) is 37.3 Å². The van der Waals surface area contributed by atoms with Gasteiger partial charge in [0.15, 0.2) is 0 Å². The van der Waals surface area contributed by atoms with Gasteiger partial charge in [0.2, 0.25) is 0 Å². The lowest BCUT2D eigenvalue weighted by molar-refractivity contribution is -0.119. The lowest BCUT2D eigenvalue weighted by Gasteiger charge is -2.18. The molecule has 0 radical (unpaired) electrons. The Hall–Kier alpha value is -0.370. The normalized spacial score (nSPS) is 11.6. The molecule has 0 aliphatic heterocycles. The molecule has 0 spiro atoms. The summed E-state index contributed by atoms with van der Waals surface area (Å²) < 4.78 is 0. The Labute approximate surface area is 55.9 Å². The fraction of sp³-hybridized carbons (Fsp3) is 0.857. The molecule has 0 aromatic rings. The van der Waals surface area contributed by atoms with Crippen LogP contribution in [0.3, 0.4) is 0 Å². The number of hydrogen-bond donors (Lipinski definition) is 1. The number of hydrogen-bond acceptors (Lipinski definition) is 2. The van der Waals surface area contributed by atoms with Crippen LogP contribution in [0.15, 0.2) is 0 Å². The van der Waals surface area contributed by atoms with Crippen molar-refractivity contribution in [1.29, 1.82) is 0 Å². The van der Waals surface area contributed by atoms with Crippen LogP contribution in [-0.4, -0.2) is 17.5 Å². The summed E-state index contributed by atoms with van der Waals surface area (Å²) >= 11 is 0. The van der Waals surface area contributed by atoms with E-state index >= 15 is 0 Å². The van der Waals surface area contributed by atoms with E-state index in [0.717, 1.165) is 0 Å². The predicted molar refractivity (Wildman–Crippen MR) is 36.2 cm³/mol. The average molecular weight is 130 g/mol. The lowest BCUT2D eigenvalue weighted by atomic mass is 9.89. The van der Waals surface area contributed by atoms with Gasteiger partial charge in [-0.3, -0.25) is 0 Å². The number of aliphatic hydroxyl groups excluding tert-OH is 1.